The summed E-state index contributed by atoms with van der Waals surface area (Å²) in [6.45, 7) is 2.97. The van der Waals surface area contributed by atoms with Crippen molar-refractivity contribution < 1.29 is 9.59 Å². The predicted molar refractivity (Wildman–Crippen MR) is 82.1 cm³/mol. The third-order valence-corrected chi connectivity index (χ3v) is 4.48. The normalized spacial score (nSPS) is 24.2. The average molecular weight is 286 g/mol. The van der Waals surface area contributed by atoms with E-state index in [1.165, 1.54) is 0 Å². The Bertz CT molecular complexity index is 538. The molecule has 2 atom stereocenters. The van der Waals surface area contributed by atoms with Gasteiger partial charge in [0, 0.05) is 24.7 Å². The van der Waals surface area contributed by atoms with Crippen LogP contribution in [0.1, 0.15) is 38.2 Å². The number of anilines is 1. The largest absolute Gasteiger partial charge is 0.353 e. The van der Waals surface area contributed by atoms with Gasteiger partial charge in [0.25, 0.3) is 0 Å². The van der Waals surface area contributed by atoms with E-state index < -0.39 is 0 Å². The summed E-state index contributed by atoms with van der Waals surface area (Å²) >= 11 is 0. The van der Waals surface area contributed by atoms with E-state index in [1.807, 2.05) is 29.2 Å². The van der Waals surface area contributed by atoms with Gasteiger partial charge in [-0.1, -0.05) is 25.5 Å². The number of amides is 2. The molecule has 1 N–H and O–H groups in total. The summed E-state index contributed by atoms with van der Waals surface area (Å²) in [5.41, 5.74) is 1.94. The SMILES string of the molecule is CCC1CC1NC(=O)Cc1ccc(N2CCCC2=O)cc1. The van der Waals surface area contributed by atoms with Gasteiger partial charge in [0.2, 0.25) is 11.8 Å². The second-order valence-electron chi connectivity index (χ2n) is 6.07. The molecule has 2 aliphatic rings. The molecule has 4 heteroatoms. The van der Waals surface area contributed by atoms with Crippen molar-refractivity contribution >= 4 is 17.5 Å². The lowest BCUT2D eigenvalue weighted by atomic mass is 10.1. The molecular weight excluding hydrogens is 264 g/mol. The van der Waals surface area contributed by atoms with Crippen LogP contribution in [-0.4, -0.2) is 24.4 Å². The van der Waals surface area contributed by atoms with E-state index in [0.29, 0.717) is 24.8 Å². The number of hydrogen-bond acceptors (Lipinski definition) is 2. The number of hydrogen-bond donors (Lipinski definition) is 1. The molecule has 2 amide bonds. The van der Waals surface area contributed by atoms with Crippen molar-refractivity contribution in [3.8, 4) is 0 Å². The summed E-state index contributed by atoms with van der Waals surface area (Å²) in [5.74, 6) is 0.971. The average Bonchev–Trinajstić information content (AvgIpc) is 3.09. The minimum absolute atomic E-state index is 0.0981. The van der Waals surface area contributed by atoms with Crippen LogP contribution < -0.4 is 10.2 Å². The maximum Gasteiger partial charge on any atom is 0.227 e. The zero-order valence-electron chi connectivity index (χ0n) is 12.5. The highest BCUT2D eigenvalue weighted by Crippen LogP contribution is 2.33. The van der Waals surface area contributed by atoms with Crippen LogP contribution in [-0.2, 0) is 16.0 Å². The van der Waals surface area contributed by atoms with Crippen LogP contribution in [0.2, 0.25) is 0 Å². The minimum Gasteiger partial charge on any atom is -0.353 e. The van der Waals surface area contributed by atoms with Gasteiger partial charge in [0.05, 0.1) is 6.42 Å². The number of carbonyl (C=O) groups is 2. The fraction of sp³-hybridized carbons (Fsp3) is 0.529. The number of nitrogens with one attached hydrogen (secondary N) is 1. The van der Waals surface area contributed by atoms with Crippen molar-refractivity contribution in [1.29, 1.82) is 0 Å². The van der Waals surface area contributed by atoms with Crippen LogP contribution in [0.4, 0.5) is 5.69 Å². The van der Waals surface area contributed by atoms with Crippen molar-refractivity contribution in [2.45, 2.75) is 45.1 Å². The van der Waals surface area contributed by atoms with E-state index in [-0.39, 0.29) is 11.8 Å². The highest BCUT2D eigenvalue weighted by molar-refractivity contribution is 5.95. The maximum atomic E-state index is 11.9. The van der Waals surface area contributed by atoms with Crippen LogP contribution >= 0.6 is 0 Å². The standard InChI is InChI=1S/C17H22N2O2/c1-2-13-11-15(13)18-16(20)10-12-5-7-14(8-6-12)19-9-3-4-17(19)21/h5-8,13,15H,2-4,9-11H2,1H3,(H,18,20). The molecule has 1 saturated heterocycles. The predicted octanol–water partition coefficient (Wildman–Crippen LogP) is 2.27. The highest BCUT2D eigenvalue weighted by atomic mass is 16.2. The van der Waals surface area contributed by atoms with Crippen LogP contribution in [0.25, 0.3) is 0 Å². The van der Waals surface area contributed by atoms with E-state index >= 15 is 0 Å². The van der Waals surface area contributed by atoms with Gasteiger partial charge in [-0.05, 0) is 36.5 Å². The lowest BCUT2D eigenvalue weighted by molar-refractivity contribution is -0.120. The Kier molecular flexibility index (Phi) is 3.95. The Hall–Kier alpha value is -1.84. The molecule has 0 bridgehead atoms. The van der Waals surface area contributed by atoms with E-state index in [2.05, 4.69) is 12.2 Å². The highest BCUT2D eigenvalue weighted by Gasteiger charge is 2.36. The summed E-state index contributed by atoms with van der Waals surface area (Å²) in [4.78, 5) is 25.4. The molecule has 0 aromatic heterocycles. The topological polar surface area (TPSA) is 49.4 Å². The molecule has 112 valence electrons. The number of carbonyl (C=O) groups excluding carboxylic acids is 2. The van der Waals surface area contributed by atoms with E-state index in [4.69, 9.17) is 0 Å². The van der Waals surface area contributed by atoms with Crippen LogP contribution in [0.5, 0.6) is 0 Å². The first-order valence-electron chi connectivity index (χ1n) is 7.86. The molecule has 3 rings (SSSR count). The lowest BCUT2D eigenvalue weighted by Gasteiger charge is -2.15. The molecule has 0 radical (unpaired) electrons. The third-order valence-electron chi connectivity index (χ3n) is 4.48. The molecule has 1 aromatic carbocycles. The van der Waals surface area contributed by atoms with E-state index in [0.717, 1.165) is 37.1 Å². The Morgan fingerprint density at radius 2 is 2.10 bits per heavy atom. The Labute approximate surface area is 125 Å². The maximum absolute atomic E-state index is 11.9. The molecule has 2 unspecified atom stereocenters. The summed E-state index contributed by atoms with van der Waals surface area (Å²) in [6.07, 6.45) is 4.26. The first-order valence-corrected chi connectivity index (χ1v) is 7.86. The molecule has 1 aromatic rings. The van der Waals surface area contributed by atoms with Crippen LogP contribution in [0, 0.1) is 5.92 Å². The summed E-state index contributed by atoms with van der Waals surface area (Å²) in [5, 5.41) is 3.08. The van der Waals surface area contributed by atoms with Gasteiger partial charge in [-0.2, -0.15) is 0 Å². The van der Waals surface area contributed by atoms with Gasteiger partial charge in [-0.25, -0.2) is 0 Å². The van der Waals surface area contributed by atoms with Crippen molar-refractivity contribution in [3.63, 3.8) is 0 Å². The molecule has 1 aliphatic heterocycles. The second-order valence-corrected chi connectivity index (χ2v) is 6.07. The zero-order valence-corrected chi connectivity index (χ0v) is 12.5. The Morgan fingerprint density at radius 1 is 1.33 bits per heavy atom. The summed E-state index contributed by atoms with van der Waals surface area (Å²) in [6, 6.07) is 8.18. The molecule has 2 fully saturated rings. The smallest absolute Gasteiger partial charge is 0.227 e. The van der Waals surface area contributed by atoms with Crippen molar-refractivity contribution in [2.24, 2.45) is 5.92 Å². The van der Waals surface area contributed by atoms with Gasteiger partial charge in [-0.15, -0.1) is 0 Å². The molecule has 1 heterocycles. The number of benzene rings is 1. The molecule has 1 saturated carbocycles. The fourth-order valence-electron chi connectivity index (χ4n) is 3.03. The summed E-state index contributed by atoms with van der Waals surface area (Å²) < 4.78 is 0. The van der Waals surface area contributed by atoms with Crippen molar-refractivity contribution in [1.82, 2.24) is 5.32 Å². The first kappa shape index (κ1) is 14.1. The lowest BCUT2D eigenvalue weighted by Crippen LogP contribution is -2.28. The quantitative estimate of drug-likeness (QED) is 0.902. The minimum atomic E-state index is 0.0981. The van der Waals surface area contributed by atoms with Crippen molar-refractivity contribution in [2.75, 3.05) is 11.4 Å². The molecule has 4 nitrogen and oxygen atoms in total. The molecule has 0 spiro atoms. The monoisotopic (exact) mass is 286 g/mol. The van der Waals surface area contributed by atoms with Crippen molar-refractivity contribution in [3.05, 3.63) is 29.8 Å². The van der Waals surface area contributed by atoms with Gasteiger partial charge >= 0.3 is 0 Å². The fourth-order valence-corrected chi connectivity index (χ4v) is 3.03. The Balaban J connectivity index is 1.54. The van der Waals surface area contributed by atoms with Gasteiger partial charge in [-0.3, -0.25) is 9.59 Å². The summed E-state index contributed by atoms with van der Waals surface area (Å²) in [7, 11) is 0. The number of nitrogens with zero attached hydrogens (tertiary/aromatic N) is 1. The van der Waals surface area contributed by atoms with E-state index in [1.54, 1.807) is 0 Å². The Morgan fingerprint density at radius 3 is 2.67 bits per heavy atom. The van der Waals surface area contributed by atoms with Gasteiger partial charge in [0.15, 0.2) is 0 Å². The van der Waals surface area contributed by atoms with Gasteiger partial charge < -0.3 is 10.2 Å². The second kappa shape index (κ2) is 5.88. The molecular formula is C17H22N2O2. The van der Waals surface area contributed by atoms with Crippen LogP contribution in [0.15, 0.2) is 24.3 Å². The van der Waals surface area contributed by atoms with Gasteiger partial charge in [0.1, 0.15) is 0 Å². The van der Waals surface area contributed by atoms with E-state index in [9.17, 15) is 9.59 Å². The first-order chi connectivity index (χ1) is 10.2. The molecule has 21 heavy (non-hydrogen) atoms. The van der Waals surface area contributed by atoms with Crippen LogP contribution in [0.3, 0.4) is 0 Å². The molecule has 1 aliphatic carbocycles. The third kappa shape index (κ3) is 3.26. The zero-order chi connectivity index (χ0) is 14.8. The number of rotatable bonds is 5.